The molecule has 0 aliphatic heterocycles. The maximum absolute atomic E-state index is 8.83. The predicted molar refractivity (Wildman–Crippen MR) is 74.7 cm³/mol. The van der Waals surface area contributed by atoms with Crippen molar-refractivity contribution in [3.8, 4) is 11.6 Å². The zero-order chi connectivity index (χ0) is 14.0. The highest BCUT2D eigenvalue weighted by Gasteiger charge is 2.19. The highest BCUT2D eigenvalue weighted by atomic mass is 79.9. The van der Waals surface area contributed by atoms with Gasteiger partial charge in [0.25, 0.3) is 0 Å². The quantitative estimate of drug-likeness (QED) is 0.393. The highest BCUT2D eigenvalue weighted by Crippen LogP contribution is 2.31. The van der Waals surface area contributed by atoms with E-state index in [1.807, 2.05) is 24.3 Å². The van der Waals surface area contributed by atoms with Crippen molar-refractivity contribution < 1.29 is 9.94 Å². The molecule has 2 rings (SSSR count). The zero-order valence-electron chi connectivity index (χ0n) is 10.5. The molecule has 1 aromatic heterocycles. The standard InChI is InChI=1S/C12H13BrN4O2/c1-7-10(11(14)16-18)12(17(2)15-7)19-9-6-4-3-5-8(9)13/h3-6,18H,1-2H3,(H2,14,16). The molecule has 100 valence electrons. The number of ether oxygens (including phenoxy) is 1. The Labute approximate surface area is 118 Å². The van der Waals surface area contributed by atoms with E-state index in [-0.39, 0.29) is 5.84 Å². The molecule has 0 radical (unpaired) electrons. The number of para-hydroxylation sites is 1. The summed E-state index contributed by atoms with van der Waals surface area (Å²) in [6, 6.07) is 7.41. The molecule has 0 saturated carbocycles. The van der Waals surface area contributed by atoms with E-state index in [1.165, 1.54) is 0 Å². The van der Waals surface area contributed by atoms with Gasteiger partial charge < -0.3 is 15.7 Å². The number of benzene rings is 1. The van der Waals surface area contributed by atoms with Gasteiger partial charge in [0.2, 0.25) is 5.88 Å². The summed E-state index contributed by atoms with van der Waals surface area (Å²) < 4.78 is 8.15. The van der Waals surface area contributed by atoms with Crippen LogP contribution in [-0.4, -0.2) is 20.8 Å². The summed E-state index contributed by atoms with van der Waals surface area (Å²) in [5.74, 6) is 1.00. The first-order valence-corrected chi connectivity index (χ1v) is 6.27. The van der Waals surface area contributed by atoms with Gasteiger partial charge in [-0.05, 0) is 35.0 Å². The van der Waals surface area contributed by atoms with Crippen LogP contribution in [0.1, 0.15) is 11.3 Å². The Kier molecular flexibility index (Phi) is 3.75. The summed E-state index contributed by atoms with van der Waals surface area (Å²) in [7, 11) is 1.73. The Hall–Kier alpha value is -2.02. The number of hydrogen-bond acceptors (Lipinski definition) is 4. The lowest BCUT2D eigenvalue weighted by Gasteiger charge is -2.09. The van der Waals surface area contributed by atoms with E-state index in [1.54, 1.807) is 18.7 Å². The molecule has 0 aliphatic carbocycles. The van der Waals surface area contributed by atoms with Gasteiger partial charge in [-0.1, -0.05) is 17.3 Å². The molecule has 6 nitrogen and oxygen atoms in total. The molecular formula is C12H13BrN4O2. The third-order valence-corrected chi connectivity index (χ3v) is 3.23. The normalized spacial score (nSPS) is 11.6. The van der Waals surface area contributed by atoms with Gasteiger partial charge in [0.15, 0.2) is 5.84 Å². The van der Waals surface area contributed by atoms with E-state index in [4.69, 9.17) is 15.7 Å². The van der Waals surface area contributed by atoms with Crippen LogP contribution in [-0.2, 0) is 7.05 Å². The smallest absolute Gasteiger partial charge is 0.229 e. The minimum Gasteiger partial charge on any atom is -0.437 e. The van der Waals surface area contributed by atoms with E-state index in [9.17, 15) is 0 Å². The van der Waals surface area contributed by atoms with Crippen molar-refractivity contribution in [2.75, 3.05) is 0 Å². The number of aromatic nitrogens is 2. The Morgan fingerprint density at radius 3 is 2.79 bits per heavy atom. The molecule has 0 bridgehead atoms. The van der Waals surface area contributed by atoms with Crippen molar-refractivity contribution in [3.05, 3.63) is 40.0 Å². The molecule has 3 N–H and O–H groups in total. The molecule has 1 heterocycles. The lowest BCUT2D eigenvalue weighted by molar-refractivity contribution is 0.318. The summed E-state index contributed by atoms with van der Waals surface area (Å²) in [5.41, 5.74) is 6.75. The van der Waals surface area contributed by atoms with Crippen molar-refractivity contribution in [1.29, 1.82) is 0 Å². The van der Waals surface area contributed by atoms with Crippen LogP contribution in [0.4, 0.5) is 0 Å². The van der Waals surface area contributed by atoms with Crippen molar-refractivity contribution in [1.82, 2.24) is 9.78 Å². The van der Waals surface area contributed by atoms with Gasteiger partial charge in [-0.2, -0.15) is 5.10 Å². The van der Waals surface area contributed by atoms with E-state index in [2.05, 4.69) is 26.2 Å². The number of hydrogen-bond donors (Lipinski definition) is 2. The topological polar surface area (TPSA) is 85.7 Å². The fraction of sp³-hybridized carbons (Fsp3) is 0.167. The van der Waals surface area contributed by atoms with Crippen molar-refractivity contribution in [3.63, 3.8) is 0 Å². The number of nitrogens with two attached hydrogens (primary N) is 1. The van der Waals surface area contributed by atoms with Crippen LogP contribution < -0.4 is 10.5 Å². The van der Waals surface area contributed by atoms with Gasteiger partial charge in [-0.25, -0.2) is 4.68 Å². The molecule has 0 amide bonds. The third-order valence-electron chi connectivity index (χ3n) is 2.58. The van der Waals surface area contributed by atoms with Crippen LogP contribution in [0.2, 0.25) is 0 Å². The fourth-order valence-corrected chi connectivity index (χ4v) is 2.10. The number of amidine groups is 1. The van der Waals surface area contributed by atoms with E-state index in [0.29, 0.717) is 22.9 Å². The second-order valence-corrected chi connectivity index (χ2v) is 4.76. The monoisotopic (exact) mass is 324 g/mol. The lowest BCUT2D eigenvalue weighted by Crippen LogP contribution is -2.15. The maximum Gasteiger partial charge on any atom is 0.229 e. The zero-order valence-corrected chi connectivity index (χ0v) is 12.0. The van der Waals surface area contributed by atoms with Crippen molar-refractivity contribution in [2.45, 2.75) is 6.92 Å². The predicted octanol–water partition coefficient (Wildman–Crippen LogP) is 2.38. The Bertz CT molecular complexity index is 637. The number of nitrogens with zero attached hydrogens (tertiary/aromatic N) is 3. The van der Waals surface area contributed by atoms with E-state index in [0.717, 1.165) is 4.47 Å². The molecule has 0 unspecified atom stereocenters. The van der Waals surface area contributed by atoms with Crippen molar-refractivity contribution >= 4 is 21.8 Å². The number of aryl methyl sites for hydroxylation is 2. The SMILES string of the molecule is Cc1nn(C)c(Oc2ccccc2Br)c1C(N)=NO. The summed E-state index contributed by atoms with van der Waals surface area (Å²) in [5, 5.41) is 16.0. The molecule has 0 aliphatic rings. The first-order chi connectivity index (χ1) is 9.04. The van der Waals surface area contributed by atoms with Crippen LogP contribution >= 0.6 is 15.9 Å². The van der Waals surface area contributed by atoms with Gasteiger partial charge in [-0.15, -0.1) is 0 Å². The maximum atomic E-state index is 8.83. The first kappa shape index (κ1) is 13.4. The molecule has 0 fully saturated rings. The molecular weight excluding hydrogens is 312 g/mol. The molecule has 0 atom stereocenters. The largest absolute Gasteiger partial charge is 0.437 e. The van der Waals surface area contributed by atoms with Crippen LogP contribution in [0.3, 0.4) is 0 Å². The number of oxime groups is 1. The van der Waals surface area contributed by atoms with Crippen LogP contribution in [0.25, 0.3) is 0 Å². The van der Waals surface area contributed by atoms with Gasteiger partial charge in [0.05, 0.1) is 10.2 Å². The molecule has 19 heavy (non-hydrogen) atoms. The molecule has 2 aromatic rings. The second kappa shape index (κ2) is 5.31. The third kappa shape index (κ3) is 2.55. The first-order valence-electron chi connectivity index (χ1n) is 5.48. The van der Waals surface area contributed by atoms with E-state index < -0.39 is 0 Å². The lowest BCUT2D eigenvalue weighted by atomic mass is 10.2. The van der Waals surface area contributed by atoms with Crippen LogP contribution in [0, 0.1) is 6.92 Å². The number of halogens is 1. The summed E-state index contributed by atoms with van der Waals surface area (Å²) >= 11 is 3.40. The Morgan fingerprint density at radius 1 is 1.47 bits per heavy atom. The van der Waals surface area contributed by atoms with Gasteiger partial charge >= 0.3 is 0 Å². The minimum atomic E-state index is -0.0346. The van der Waals surface area contributed by atoms with Crippen LogP contribution in [0.15, 0.2) is 33.9 Å². The Morgan fingerprint density at radius 2 is 2.16 bits per heavy atom. The molecule has 0 saturated heterocycles. The average Bonchev–Trinajstić information content (AvgIpc) is 2.66. The number of rotatable bonds is 3. The highest BCUT2D eigenvalue weighted by molar-refractivity contribution is 9.10. The molecule has 7 heteroatoms. The molecule has 1 aromatic carbocycles. The average molecular weight is 325 g/mol. The van der Waals surface area contributed by atoms with Gasteiger partial charge in [0, 0.05) is 7.05 Å². The summed E-state index contributed by atoms with van der Waals surface area (Å²) in [6.07, 6.45) is 0. The second-order valence-electron chi connectivity index (χ2n) is 3.91. The van der Waals surface area contributed by atoms with Crippen LogP contribution in [0.5, 0.6) is 11.6 Å². The fourth-order valence-electron chi connectivity index (χ4n) is 1.73. The van der Waals surface area contributed by atoms with Crippen molar-refractivity contribution in [2.24, 2.45) is 17.9 Å². The Balaban J connectivity index is 2.49. The minimum absolute atomic E-state index is 0.0346. The van der Waals surface area contributed by atoms with Gasteiger partial charge in [0.1, 0.15) is 11.3 Å². The summed E-state index contributed by atoms with van der Waals surface area (Å²) in [6.45, 7) is 1.76. The van der Waals surface area contributed by atoms with Gasteiger partial charge in [-0.3, -0.25) is 0 Å². The molecule has 0 spiro atoms. The van der Waals surface area contributed by atoms with E-state index >= 15 is 0 Å². The summed E-state index contributed by atoms with van der Waals surface area (Å²) in [4.78, 5) is 0.